The van der Waals surface area contributed by atoms with Crippen LogP contribution in [0.4, 0.5) is 8.78 Å². The summed E-state index contributed by atoms with van der Waals surface area (Å²) >= 11 is 0. The summed E-state index contributed by atoms with van der Waals surface area (Å²) in [7, 11) is -1.09. The molecule has 2 rings (SSSR count). The SMILES string of the molecule is CO[C@H](CN(C)C(=O)c1ccccc1F)[C@H](C)CN([C@@H](C)CO)S(=O)(=O)c1ccc(F)cc1. The fraction of sp³-hybridized carbons (Fsp3) is 0.435. The highest BCUT2D eigenvalue weighted by Gasteiger charge is 2.33. The molecule has 0 spiro atoms. The molecule has 0 aliphatic rings. The number of aliphatic hydroxyl groups excluding tert-OH is 1. The largest absolute Gasteiger partial charge is 0.395 e. The van der Waals surface area contributed by atoms with E-state index in [1.54, 1.807) is 19.9 Å². The molecule has 0 aliphatic heterocycles. The molecule has 0 saturated carbocycles. The molecule has 0 bridgehead atoms. The first-order valence-corrected chi connectivity index (χ1v) is 11.9. The minimum Gasteiger partial charge on any atom is -0.395 e. The Balaban J connectivity index is 2.21. The van der Waals surface area contributed by atoms with Gasteiger partial charge in [0.05, 0.1) is 23.2 Å². The van der Waals surface area contributed by atoms with Crippen molar-refractivity contribution in [1.82, 2.24) is 9.21 Å². The van der Waals surface area contributed by atoms with Crippen LogP contribution in [0.1, 0.15) is 24.2 Å². The van der Waals surface area contributed by atoms with Crippen molar-refractivity contribution < 1.29 is 31.8 Å². The number of nitrogens with zero attached hydrogens (tertiary/aromatic N) is 2. The molecule has 1 N–H and O–H groups in total. The van der Waals surface area contributed by atoms with Gasteiger partial charge in [-0.3, -0.25) is 4.79 Å². The Bertz CT molecular complexity index is 1030. The van der Waals surface area contributed by atoms with Gasteiger partial charge in [-0.05, 0) is 49.2 Å². The van der Waals surface area contributed by atoms with E-state index in [0.717, 1.165) is 16.4 Å². The second-order valence-corrected chi connectivity index (χ2v) is 9.87. The van der Waals surface area contributed by atoms with Crippen LogP contribution in [-0.4, -0.2) is 74.6 Å². The third-order valence-electron chi connectivity index (χ3n) is 5.49. The Hall–Kier alpha value is -2.40. The van der Waals surface area contributed by atoms with E-state index in [-0.39, 0.29) is 23.5 Å². The predicted molar refractivity (Wildman–Crippen MR) is 120 cm³/mol. The number of methoxy groups -OCH3 is 1. The Morgan fingerprint density at radius 1 is 1.06 bits per heavy atom. The van der Waals surface area contributed by atoms with E-state index < -0.39 is 52.2 Å². The van der Waals surface area contributed by atoms with Crippen molar-refractivity contribution in [3.8, 4) is 0 Å². The minimum absolute atomic E-state index is 0.0261. The van der Waals surface area contributed by atoms with Gasteiger partial charge in [-0.1, -0.05) is 19.1 Å². The first kappa shape index (κ1) is 26.8. The average Bonchev–Trinajstić information content (AvgIpc) is 2.80. The number of amides is 1. The lowest BCUT2D eigenvalue weighted by Gasteiger charge is -2.33. The van der Waals surface area contributed by atoms with E-state index in [1.807, 2.05) is 0 Å². The number of carbonyl (C=O) groups is 1. The maximum atomic E-state index is 14.0. The van der Waals surface area contributed by atoms with Crippen LogP contribution < -0.4 is 0 Å². The van der Waals surface area contributed by atoms with Gasteiger partial charge in [-0.15, -0.1) is 0 Å². The fourth-order valence-corrected chi connectivity index (χ4v) is 5.15. The number of carbonyl (C=O) groups excluding carboxylic acids is 1. The van der Waals surface area contributed by atoms with Gasteiger partial charge < -0.3 is 14.7 Å². The molecule has 7 nitrogen and oxygen atoms in total. The van der Waals surface area contributed by atoms with Gasteiger partial charge in [-0.25, -0.2) is 17.2 Å². The van der Waals surface area contributed by atoms with Crippen LogP contribution in [0.15, 0.2) is 53.4 Å². The topological polar surface area (TPSA) is 87.2 Å². The number of ether oxygens (including phenoxy) is 1. The van der Waals surface area contributed by atoms with Crippen molar-refractivity contribution in [1.29, 1.82) is 0 Å². The van der Waals surface area contributed by atoms with Crippen LogP contribution in [0.5, 0.6) is 0 Å². The minimum atomic E-state index is -4.04. The highest BCUT2D eigenvalue weighted by molar-refractivity contribution is 7.89. The molecule has 0 unspecified atom stereocenters. The van der Waals surface area contributed by atoms with Gasteiger partial charge >= 0.3 is 0 Å². The molecule has 10 heteroatoms. The first-order valence-electron chi connectivity index (χ1n) is 10.4. The smallest absolute Gasteiger partial charge is 0.256 e. The van der Waals surface area contributed by atoms with Crippen LogP contribution >= 0.6 is 0 Å². The molecule has 0 aromatic heterocycles. The van der Waals surface area contributed by atoms with Crippen molar-refractivity contribution in [2.24, 2.45) is 5.92 Å². The normalized spacial score (nSPS) is 14.7. The summed E-state index contributed by atoms with van der Waals surface area (Å²) in [6.45, 7) is 2.96. The molecular weight excluding hydrogens is 454 g/mol. The zero-order valence-corrected chi connectivity index (χ0v) is 19.9. The van der Waals surface area contributed by atoms with Crippen LogP contribution in [0.25, 0.3) is 0 Å². The van der Waals surface area contributed by atoms with Crippen molar-refractivity contribution in [3.05, 3.63) is 65.7 Å². The number of hydrogen-bond donors (Lipinski definition) is 1. The lowest BCUT2D eigenvalue weighted by molar-refractivity contribution is 0.0220. The highest BCUT2D eigenvalue weighted by Crippen LogP contribution is 2.22. The maximum Gasteiger partial charge on any atom is 0.256 e. The summed E-state index contributed by atoms with van der Waals surface area (Å²) in [5.74, 6) is -2.13. The molecule has 1 amide bonds. The Morgan fingerprint density at radius 2 is 1.67 bits per heavy atom. The average molecular weight is 485 g/mol. The molecular formula is C23H30F2N2O5S. The summed E-state index contributed by atoms with van der Waals surface area (Å²) in [6.07, 6.45) is -0.581. The zero-order chi connectivity index (χ0) is 24.8. The molecule has 3 atom stereocenters. The van der Waals surface area contributed by atoms with Crippen molar-refractivity contribution in [2.45, 2.75) is 30.9 Å². The van der Waals surface area contributed by atoms with E-state index in [9.17, 15) is 27.1 Å². The van der Waals surface area contributed by atoms with Crippen molar-refractivity contribution in [2.75, 3.05) is 33.9 Å². The third kappa shape index (κ3) is 6.57. The Labute approximate surface area is 193 Å². The number of benzene rings is 2. The van der Waals surface area contributed by atoms with Gasteiger partial charge in [0.25, 0.3) is 5.91 Å². The van der Waals surface area contributed by atoms with E-state index in [0.29, 0.717) is 0 Å². The standard InChI is InChI=1S/C23H30F2N2O5S/c1-16(22(32-4)14-26(3)23(29)20-7-5-6-8-21(20)25)13-27(17(2)15-28)33(30,31)19-11-9-18(24)10-12-19/h5-12,16-17,22,28H,13-15H2,1-4H3/t16-,17+,22-/m1/s1. The Morgan fingerprint density at radius 3 is 2.21 bits per heavy atom. The number of sulfonamides is 1. The molecule has 0 aliphatic carbocycles. The summed E-state index contributed by atoms with van der Waals surface area (Å²) in [4.78, 5) is 13.9. The summed E-state index contributed by atoms with van der Waals surface area (Å²) < 4.78 is 60.3. The molecule has 0 saturated heterocycles. The monoisotopic (exact) mass is 484 g/mol. The third-order valence-corrected chi connectivity index (χ3v) is 7.48. The van der Waals surface area contributed by atoms with Crippen molar-refractivity contribution in [3.63, 3.8) is 0 Å². The predicted octanol–water partition coefficient (Wildman–Crippen LogP) is 2.76. The van der Waals surface area contributed by atoms with Gasteiger partial charge in [0, 0.05) is 33.3 Å². The summed E-state index contributed by atoms with van der Waals surface area (Å²) in [5.41, 5.74) is -0.0723. The van der Waals surface area contributed by atoms with Crippen LogP contribution in [0, 0.1) is 17.6 Å². The lowest BCUT2D eigenvalue weighted by Crippen LogP contribution is -2.47. The summed E-state index contributed by atoms with van der Waals surface area (Å²) in [5, 5.41) is 9.65. The molecule has 0 heterocycles. The molecule has 182 valence electrons. The molecule has 0 radical (unpaired) electrons. The van der Waals surface area contributed by atoms with Crippen LogP contribution in [0.2, 0.25) is 0 Å². The molecule has 2 aromatic carbocycles. The number of halogens is 2. The second kappa shape index (κ2) is 11.6. The summed E-state index contributed by atoms with van der Waals surface area (Å²) in [6, 6.07) is 9.34. The highest BCUT2D eigenvalue weighted by atomic mass is 32.2. The van der Waals surface area contributed by atoms with E-state index in [1.165, 1.54) is 49.4 Å². The number of likely N-dealkylation sites (N-methyl/N-ethyl adjacent to an activating group) is 1. The fourth-order valence-electron chi connectivity index (χ4n) is 3.43. The number of rotatable bonds is 11. The lowest BCUT2D eigenvalue weighted by atomic mass is 10.0. The quantitative estimate of drug-likeness (QED) is 0.530. The van der Waals surface area contributed by atoms with Gasteiger partial charge in [0.2, 0.25) is 10.0 Å². The zero-order valence-electron chi connectivity index (χ0n) is 19.1. The second-order valence-electron chi connectivity index (χ2n) is 7.98. The van der Waals surface area contributed by atoms with Crippen LogP contribution in [-0.2, 0) is 14.8 Å². The Kier molecular flexibility index (Phi) is 9.47. The van der Waals surface area contributed by atoms with Gasteiger partial charge in [0.1, 0.15) is 11.6 Å². The first-order chi connectivity index (χ1) is 15.5. The maximum absolute atomic E-state index is 14.0. The van der Waals surface area contributed by atoms with E-state index >= 15 is 0 Å². The van der Waals surface area contributed by atoms with Gasteiger partial charge in [0.15, 0.2) is 0 Å². The number of hydrogen-bond acceptors (Lipinski definition) is 5. The van der Waals surface area contributed by atoms with Crippen molar-refractivity contribution >= 4 is 15.9 Å². The number of aliphatic hydroxyl groups is 1. The van der Waals surface area contributed by atoms with Gasteiger partial charge in [-0.2, -0.15) is 4.31 Å². The molecule has 2 aromatic rings. The molecule has 0 fully saturated rings. The van der Waals surface area contributed by atoms with E-state index in [2.05, 4.69) is 0 Å². The van der Waals surface area contributed by atoms with Crippen LogP contribution in [0.3, 0.4) is 0 Å². The van der Waals surface area contributed by atoms with E-state index in [4.69, 9.17) is 4.74 Å². The molecule has 33 heavy (non-hydrogen) atoms.